The normalized spacial score (nSPS) is 13.4. The van der Waals surface area contributed by atoms with E-state index in [1.807, 2.05) is 42.5 Å². The van der Waals surface area contributed by atoms with E-state index in [2.05, 4.69) is 10.6 Å². The maximum absolute atomic E-state index is 13.4. The average Bonchev–Trinajstić information content (AvgIpc) is 2.64. The summed E-state index contributed by atoms with van der Waals surface area (Å²) in [6.07, 6.45) is 0. The summed E-state index contributed by atoms with van der Waals surface area (Å²) >= 11 is 0. The Morgan fingerprint density at radius 2 is 1.65 bits per heavy atom. The lowest BCUT2D eigenvalue weighted by Gasteiger charge is -2.20. The van der Waals surface area contributed by atoms with Gasteiger partial charge in [0.2, 0.25) is 5.91 Å². The minimum atomic E-state index is -0.899. The Kier molecular flexibility index (Phi) is 5.28. The number of amides is 1. The molecule has 5 heteroatoms. The third kappa shape index (κ3) is 3.89. The van der Waals surface area contributed by atoms with E-state index in [1.54, 1.807) is 13.8 Å². The van der Waals surface area contributed by atoms with Crippen molar-refractivity contribution >= 4 is 22.4 Å². The maximum atomic E-state index is 13.4. The molecule has 26 heavy (non-hydrogen) atoms. The summed E-state index contributed by atoms with van der Waals surface area (Å²) in [5.74, 6) is -1.98. The van der Waals surface area contributed by atoms with Crippen LogP contribution in [-0.2, 0) is 4.79 Å². The molecule has 0 aliphatic heterocycles. The molecule has 0 heterocycles. The predicted octanol–water partition coefficient (Wildman–Crippen LogP) is 4.80. The SMILES string of the molecule is C[C@H](N[C@@H](C)c1ccc(F)c(F)c1)C(=O)Nc1cccc2ccccc12. The Balaban J connectivity index is 1.70. The fraction of sp³-hybridized carbons (Fsp3) is 0.190. The molecule has 0 saturated carbocycles. The van der Waals surface area contributed by atoms with Gasteiger partial charge in [-0.3, -0.25) is 10.1 Å². The largest absolute Gasteiger partial charge is 0.324 e. The van der Waals surface area contributed by atoms with Gasteiger partial charge in [0, 0.05) is 17.1 Å². The molecule has 0 aliphatic carbocycles. The molecule has 3 rings (SSSR count). The zero-order chi connectivity index (χ0) is 18.7. The molecule has 0 spiro atoms. The summed E-state index contributed by atoms with van der Waals surface area (Å²) < 4.78 is 26.5. The van der Waals surface area contributed by atoms with Crippen LogP contribution < -0.4 is 10.6 Å². The fourth-order valence-corrected chi connectivity index (χ4v) is 2.90. The molecule has 0 bridgehead atoms. The van der Waals surface area contributed by atoms with Crippen molar-refractivity contribution in [3.8, 4) is 0 Å². The van der Waals surface area contributed by atoms with E-state index < -0.39 is 17.7 Å². The third-order valence-corrected chi connectivity index (χ3v) is 4.38. The lowest BCUT2D eigenvalue weighted by atomic mass is 10.1. The van der Waals surface area contributed by atoms with Crippen LogP contribution in [0.25, 0.3) is 10.8 Å². The number of carbonyl (C=O) groups excluding carboxylic acids is 1. The van der Waals surface area contributed by atoms with Gasteiger partial charge in [-0.05, 0) is 43.0 Å². The second-order valence-corrected chi connectivity index (χ2v) is 6.30. The van der Waals surface area contributed by atoms with Crippen molar-refractivity contribution in [2.24, 2.45) is 0 Å². The number of carbonyl (C=O) groups is 1. The first-order chi connectivity index (χ1) is 12.5. The van der Waals surface area contributed by atoms with Gasteiger partial charge in [0.25, 0.3) is 0 Å². The molecule has 134 valence electrons. The van der Waals surface area contributed by atoms with E-state index in [0.29, 0.717) is 5.56 Å². The molecule has 2 atom stereocenters. The molecule has 0 aliphatic rings. The second-order valence-electron chi connectivity index (χ2n) is 6.30. The van der Waals surface area contributed by atoms with Crippen LogP contribution >= 0.6 is 0 Å². The van der Waals surface area contributed by atoms with Crippen molar-refractivity contribution in [1.82, 2.24) is 5.32 Å². The molecule has 0 unspecified atom stereocenters. The quantitative estimate of drug-likeness (QED) is 0.691. The molecular formula is C21H20F2N2O. The van der Waals surface area contributed by atoms with Crippen molar-refractivity contribution in [2.75, 3.05) is 5.32 Å². The Morgan fingerprint density at radius 3 is 2.42 bits per heavy atom. The van der Waals surface area contributed by atoms with Crippen LogP contribution in [0.1, 0.15) is 25.5 Å². The van der Waals surface area contributed by atoms with Gasteiger partial charge in [-0.15, -0.1) is 0 Å². The van der Waals surface area contributed by atoms with Crippen molar-refractivity contribution in [3.05, 3.63) is 77.9 Å². The van der Waals surface area contributed by atoms with Gasteiger partial charge in [-0.2, -0.15) is 0 Å². The standard InChI is InChI=1S/C21H20F2N2O/c1-13(16-10-11-18(22)19(23)12-16)24-14(2)21(26)25-20-9-5-7-15-6-3-4-8-17(15)20/h3-14,24H,1-2H3,(H,25,26)/t13-,14-/m0/s1. The average molecular weight is 354 g/mol. The van der Waals surface area contributed by atoms with Crippen molar-refractivity contribution in [1.29, 1.82) is 0 Å². The zero-order valence-electron chi connectivity index (χ0n) is 14.6. The molecule has 0 fully saturated rings. The number of rotatable bonds is 5. The van der Waals surface area contributed by atoms with Crippen LogP contribution in [0.2, 0.25) is 0 Å². The zero-order valence-corrected chi connectivity index (χ0v) is 14.6. The van der Waals surface area contributed by atoms with Crippen LogP contribution in [-0.4, -0.2) is 11.9 Å². The molecule has 3 nitrogen and oxygen atoms in total. The fourth-order valence-electron chi connectivity index (χ4n) is 2.90. The Hall–Kier alpha value is -2.79. The monoisotopic (exact) mass is 354 g/mol. The minimum Gasteiger partial charge on any atom is -0.324 e. The third-order valence-electron chi connectivity index (χ3n) is 4.38. The molecule has 0 saturated heterocycles. The molecular weight excluding hydrogens is 334 g/mol. The number of fused-ring (bicyclic) bond motifs is 1. The van der Waals surface area contributed by atoms with Gasteiger partial charge in [-0.1, -0.05) is 42.5 Å². The Labute approximate surface area is 151 Å². The lowest BCUT2D eigenvalue weighted by Crippen LogP contribution is -2.39. The smallest absolute Gasteiger partial charge is 0.241 e. The number of hydrogen-bond donors (Lipinski definition) is 2. The topological polar surface area (TPSA) is 41.1 Å². The first-order valence-electron chi connectivity index (χ1n) is 8.45. The predicted molar refractivity (Wildman–Crippen MR) is 99.9 cm³/mol. The van der Waals surface area contributed by atoms with Crippen LogP contribution in [0.4, 0.5) is 14.5 Å². The summed E-state index contributed by atoms with van der Waals surface area (Å²) in [6, 6.07) is 16.4. The first-order valence-corrected chi connectivity index (χ1v) is 8.45. The van der Waals surface area contributed by atoms with E-state index in [-0.39, 0.29) is 11.9 Å². The first kappa shape index (κ1) is 18.0. The maximum Gasteiger partial charge on any atom is 0.241 e. The van der Waals surface area contributed by atoms with Crippen LogP contribution in [0.3, 0.4) is 0 Å². The highest BCUT2D eigenvalue weighted by Crippen LogP contribution is 2.23. The van der Waals surface area contributed by atoms with Gasteiger partial charge in [0.1, 0.15) is 0 Å². The van der Waals surface area contributed by atoms with Crippen LogP contribution in [0.15, 0.2) is 60.7 Å². The summed E-state index contributed by atoms with van der Waals surface area (Å²) in [5.41, 5.74) is 1.32. The highest BCUT2D eigenvalue weighted by Gasteiger charge is 2.18. The second kappa shape index (κ2) is 7.62. The highest BCUT2D eigenvalue weighted by atomic mass is 19.2. The van der Waals surface area contributed by atoms with Gasteiger partial charge >= 0.3 is 0 Å². The minimum absolute atomic E-state index is 0.198. The van der Waals surface area contributed by atoms with Gasteiger partial charge in [-0.25, -0.2) is 8.78 Å². The summed E-state index contributed by atoms with van der Waals surface area (Å²) in [5, 5.41) is 8.04. The van der Waals surface area contributed by atoms with E-state index in [4.69, 9.17) is 0 Å². The van der Waals surface area contributed by atoms with Gasteiger partial charge in [0.15, 0.2) is 11.6 Å². The highest BCUT2D eigenvalue weighted by molar-refractivity contribution is 6.03. The molecule has 0 radical (unpaired) electrons. The summed E-state index contributed by atoms with van der Waals surface area (Å²) in [4.78, 5) is 12.5. The van der Waals surface area contributed by atoms with Crippen LogP contribution in [0, 0.1) is 11.6 Å². The van der Waals surface area contributed by atoms with Crippen molar-refractivity contribution in [2.45, 2.75) is 25.9 Å². The van der Waals surface area contributed by atoms with E-state index >= 15 is 0 Å². The number of anilines is 1. The van der Waals surface area contributed by atoms with E-state index in [1.165, 1.54) is 6.07 Å². The number of nitrogens with one attached hydrogen (secondary N) is 2. The molecule has 2 N–H and O–H groups in total. The van der Waals surface area contributed by atoms with E-state index in [9.17, 15) is 13.6 Å². The van der Waals surface area contributed by atoms with Gasteiger partial charge in [0.05, 0.1) is 6.04 Å². The summed E-state index contributed by atoms with van der Waals surface area (Å²) in [7, 11) is 0. The van der Waals surface area contributed by atoms with Gasteiger partial charge < -0.3 is 5.32 Å². The summed E-state index contributed by atoms with van der Waals surface area (Å²) in [6.45, 7) is 3.53. The number of halogens is 2. The molecule has 3 aromatic rings. The van der Waals surface area contributed by atoms with E-state index in [0.717, 1.165) is 28.6 Å². The Morgan fingerprint density at radius 1 is 0.923 bits per heavy atom. The van der Waals surface area contributed by atoms with Crippen molar-refractivity contribution in [3.63, 3.8) is 0 Å². The van der Waals surface area contributed by atoms with Crippen molar-refractivity contribution < 1.29 is 13.6 Å². The Bertz CT molecular complexity index is 937. The lowest BCUT2D eigenvalue weighted by molar-refractivity contribution is -0.117. The number of benzene rings is 3. The molecule has 0 aromatic heterocycles. The van der Waals surface area contributed by atoms with Crippen LogP contribution in [0.5, 0.6) is 0 Å². The molecule has 1 amide bonds. The molecule has 3 aromatic carbocycles. The number of hydrogen-bond acceptors (Lipinski definition) is 2.